The molecule has 0 fully saturated rings. The molecule has 0 aliphatic carbocycles. The van der Waals surface area contributed by atoms with Gasteiger partial charge in [-0.25, -0.2) is 27.2 Å². The zero-order valence-electron chi connectivity index (χ0n) is 16.3. The van der Waals surface area contributed by atoms with Crippen molar-refractivity contribution in [2.45, 2.75) is 24.3 Å². The lowest BCUT2D eigenvalue weighted by Crippen LogP contribution is -2.24. The molecule has 0 amide bonds. The van der Waals surface area contributed by atoms with Crippen LogP contribution in [-0.2, 0) is 22.0 Å². The summed E-state index contributed by atoms with van der Waals surface area (Å²) in [7, 11) is -3.77. The lowest BCUT2D eigenvalue weighted by molar-refractivity contribution is 0.570. The Morgan fingerprint density at radius 1 is 1.06 bits per heavy atom. The molecule has 4 rings (SSSR count). The summed E-state index contributed by atoms with van der Waals surface area (Å²) in [5.41, 5.74) is 0.0959. The molecule has 0 radical (unpaired) electrons. The monoisotopic (exact) mass is 445 g/mol. The predicted octanol–water partition coefficient (Wildman–Crippen LogP) is 3.14. The quantitative estimate of drug-likeness (QED) is 0.430. The van der Waals surface area contributed by atoms with Crippen LogP contribution in [-0.4, -0.2) is 38.4 Å². The number of aromatic nitrogens is 5. The van der Waals surface area contributed by atoms with Gasteiger partial charge >= 0.3 is 0 Å². The number of para-hydroxylation sites is 1. The highest BCUT2D eigenvalue weighted by molar-refractivity contribution is 7.91. The number of furan rings is 1. The van der Waals surface area contributed by atoms with Crippen molar-refractivity contribution >= 4 is 9.84 Å². The predicted molar refractivity (Wildman–Crippen MR) is 107 cm³/mol. The van der Waals surface area contributed by atoms with E-state index in [-0.39, 0.29) is 29.6 Å². The van der Waals surface area contributed by atoms with Crippen LogP contribution in [0.25, 0.3) is 17.3 Å². The second-order valence-corrected chi connectivity index (χ2v) is 9.26. The standard InChI is InChI=1S/C20H17F2N5O3S/c1-13(9-18-23-10-14(21)11-24-18)31(28,29)12-19-25-26-20(17-7-4-8-30-17)27(19)16-6-3-2-5-15(16)22/h2-8,10-11,13H,9,12H2,1H3/t13-/m0/s1. The summed E-state index contributed by atoms with van der Waals surface area (Å²) in [4.78, 5) is 7.62. The normalized spacial score (nSPS) is 12.7. The molecule has 4 aromatic rings. The first-order valence-corrected chi connectivity index (χ1v) is 11.0. The Kier molecular flexibility index (Phi) is 5.59. The maximum absolute atomic E-state index is 14.6. The van der Waals surface area contributed by atoms with Gasteiger partial charge in [-0.1, -0.05) is 12.1 Å². The SMILES string of the molecule is C[C@@H](Cc1ncc(F)cn1)S(=O)(=O)Cc1nnc(-c2ccco2)n1-c1ccccc1F. The van der Waals surface area contributed by atoms with E-state index in [9.17, 15) is 17.2 Å². The molecular formula is C20H17F2N5O3S. The maximum Gasteiger partial charge on any atom is 0.204 e. The van der Waals surface area contributed by atoms with Crippen LogP contribution in [0.1, 0.15) is 18.6 Å². The van der Waals surface area contributed by atoms with Gasteiger partial charge in [0.05, 0.1) is 29.6 Å². The fraction of sp³-hybridized carbons (Fsp3) is 0.200. The van der Waals surface area contributed by atoms with Crippen molar-refractivity contribution in [1.82, 2.24) is 24.7 Å². The third-order valence-corrected chi connectivity index (χ3v) is 6.71. The number of hydrogen-bond donors (Lipinski definition) is 0. The van der Waals surface area contributed by atoms with Crippen LogP contribution >= 0.6 is 0 Å². The zero-order chi connectivity index (χ0) is 22.0. The second-order valence-electron chi connectivity index (χ2n) is 6.84. The van der Waals surface area contributed by atoms with Crippen LogP contribution in [0.15, 0.2) is 59.5 Å². The summed E-state index contributed by atoms with van der Waals surface area (Å²) >= 11 is 0. The van der Waals surface area contributed by atoms with Crippen molar-refractivity contribution in [3.63, 3.8) is 0 Å². The smallest absolute Gasteiger partial charge is 0.204 e. The minimum atomic E-state index is -3.77. The molecule has 3 aromatic heterocycles. The Hall–Kier alpha value is -3.47. The third-order valence-electron chi connectivity index (χ3n) is 4.65. The van der Waals surface area contributed by atoms with Gasteiger partial charge in [0.15, 0.2) is 27.2 Å². The van der Waals surface area contributed by atoms with Gasteiger partial charge < -0.3 is 4.42 Å². The number of halogens is 2. The van der Waals surface area contributed by atoms with E-state index < -0.39 is 32.5 Å². The van der Waals surface area contributed by atoms with E-state index in [4.69, 9.17) is 4.42 Å². The molecule has 8 nitrogen and oxygen atoms in total. The van der Waals surface area contributed by atoms with E-state index in [1.54, 1.807) is 18.2 Å². The summed E-state index contributed by atoms with van der Waals surface area (Å²) in [6.07, 6.45) is 3.37. The molecule has 0 bridgehead atoms. The van der Waals surface area contributed by atoms with Crippen molar-refractivity contribution in [2.24, 2.45) is 0 Å². The van der Waals surface area contributed by atoms with Crippen molar-refractivity contribution < 1.29 is 21.6 Å². The summed E-state index contributed by atoms with van der Waals surface area (Å²) in [6, 6.07) is 9.16. The molecule has 160 valence electrons. The van der Waals surface area contributed by atoms with Gasteiger partial charge in [0.1, 0.15) is 17.4 Å². The molecule has 0 saturated carbocycles. The Bertz CT molecular complexity index is 1290. The molecule has 1 aromatic carbocycles. The van der Waals surface area contributed by atoms with Crippen LogP contribution in [0, 0.1) is 11.6 Å². The highest BCUT2D eigenvalue weighted by atomic mass is 32.2. The molecule has 31 heavy (non-hydrogen) atoms. The average Bonchev–Trinajstić information content (AvgIpc) is 3.40. The molecular weight excluding hydrogens is 428 g/mol. The third kappa shape index (κ3) is 4.36. The molecule has 0 N–H and O–H groups in total. The number of rotatable bonds is 7. The Morgan fingerprint density at radius 2 is 1.81 bits per heavy atom. The van der Waals surface area contributed by atoms with Gasteiger partial charge in [0.25, 0.3) is 0 Å². The first-order valence-electron chi connectivity index (χ1n) is 9.26. The summed E-state index contributed by atoms with van der Waals surface area (Å²) in [6.45, 7) is 1.50. The topological polar surface area (TPSA) is 104 Å². The van der Waals surface area contributed by atoms with Gasteiger partial charge in [-0.05, 0) is 31.2 Å². The molecule has 0 unspecified atom stereocenters. The summed E-state index contributed by atoms with van der Waals surface area (Å²) in [5, 5.41) is 7.14. The first kappa shape index (κ1) is 20.8. The number of sulfone groups is 1. The van der Waals surface area contributed by atoms with E-state index in [1.807, 2.05) is 0 Å². The van der Waals surface area contributed by atoms with Crippen molar-refractivity contribution in [1.29, 1.82) is 0 Å². The molecule has 0 saturated heterocycles. The summed E-state index contributed by atoms with van der Waals surface area (Å²) < 4.78 is 60.3. The minimum Gasteiger partial charge on any atom is -0.461 e. The van der Waals surface area contributed by atoms with Crippen molar-refractivity contribution in [2.75, 3.05) is 0 Å². The zero-order valence-corrected chi connectivity index (χ0v) is 17.1. The molecule has 0 spiro atoms. The van der Waals surface area contributed by atoms with Crippen molar-refractivity contribution in [3.05, 3.63) is 78.3 Å². The number of hydrogen-bond acceptors (Lipinski definition) is 7. The number of nitrogens with zero attached hydrogens (tertiary/aromatic N) is 5. The largest absolute Gasteiger partial charge is 0.461 e. The fourth-order valence-corrected chi connectivity index (χ4v) is 4.25. The average molecular weight is 445 g/mol. The van der Waals surface area contributed by atoms with Crippen molar-refractivity contribution in [3.8, 4) is 17.3 Å². The Morgan fingerprint density at radius 3 is 2.48 bits per heavy atom. The van der Waals surface area contributed by atoms with E-state index in [0.717, 1.165) is 12.4 Å². The van der Waals surface area contributed by atoms with Crippen LogP contribution in [0.5, 0.6) is 0 Å². The van der Waals surface area contributed by atoms with Crippen LogP contribution < -0.4 is 0 Å². The highest BCUT2D eigenvalue weighted by Crippen LogP contribution is 2.26. The van der Waals surface area contributed by atoms with Gasteiger partial charge in [-0.15, -0.1) is 10.2 Å². The molecule has 3 heterocycles. The molecule has 0 aliphatic heterocycles. The minimum absolute atomic E-state index is 0.0124. The van der Waals surface area contributed by atoms with Gasteiger partial charge in [0.2, 0.25) is 5.82 Å². The Balaban J connectivity index is 1.69. The fourth-order valence-electron chi connectivity index (χ4n) is 3.01. The van der Waals surface area contributed by atoms with Crippen LogP contribution in [0.4, 0.5) is 8.78 Å². The lowest BCUT2D eigenvalue weighted by Gasteiger charge is -2.14. The maximum atomic E-state index is 14.6. The first-order chi connectivity index (χ1) is 14.8. The molecule has 1 atom stereocenters. The van der Waals surface area contributed by atoms with E-state index in [0.29, 0.717) is 5.76 Å². The second kappa shape index (κ2) is 8.34. The highest BCUT2D eigenvalue weighted by Gasteiger charge is 2.28. The summed E-state index contributed by atoms with van der Waals surface area (Å²) in [5.74, 6) is -0.962. The van der Waals surface area contributed by atoms with Gasteiger partial charge in [-0.3, -0.25) is 4.57 Å². The molecule has 0 aliphatic rings. The van der Waals surface area contributed by atoms with E-state index in [1.165, 1.54) is 36.0 Å². The van der Waals surface area contributed by atoms with E-state index >= 15 is 0 Å². The van der Waals surface area contributed by atoms with E-state index in [2.05, 4.69) is 20.2 Å². The van der Waals surface area contributed by atoms with Gasteiger partial charge in [-0.2, -0.15) is 0 Å². The van der Waals surface area contributed by atoms with Crippen LogP contribution in [0.3, 0.4) is 0 Å². The number of benzene rings is 1. The lowest BCUT2D eigenvalue weighted by atomic mass is 10.3. The van der Waals surface area contributed by atoms with Crippen LogP contribution in [0.2, 0.25) is 0 Å². The Labute approximate surface area is 176 Å². The van der Waals surface area contributed by atoms with Gasteiger partial charge in [0, 0.05) is 6.42 Å². The molecule has 11 heteroatoms.